The van der Waals surface area contributed by atoms with Gasteiger partial charge >= 0.3 is 5.97 Å². The summed E-state index contributed by atoms with van der Waals surface area (Å²) >= 11 is 2.28. The Morgan fingerprint density at radius 2 is 2.32 bits per heavy atom. The Labute approximate surface area is 125 Å². The van der Waals surface area contributed by atoms with Crippen molar-refractivity contribution in [3.05, 3.63) is 51.6 Å². The van der Waals surface area contributed by atoms with Gasteiger partial charge in [-0.2, -0.15) is 0 Å². The summed E-state index contributed by atoms with van der Waals surface area (Å²) in [5.41, 5.74) is 1.61. The number of carbonyl (C=O) groups is 1. The molecule has 0 aliphatic heterocycles. The first kappa shape index (κ1) is 14.0. The molecule has 1 atom stereocenters. The van der Waals surface area contributed by atoms with Crippen molar-refractivity contribution in [1.29, 1.82) is 0 Å². The van der Waals surface area contributed by atoms with E-state index in [-0.39, 0.29) is 12.0 Å². The molecule has 2 rings (SSSR count). The van der Waals surface area contributed by atoms with Crippen molar-refractivity contribution in [1.82, 2.24) is 9.55 Å². The highest BCUT2D eigenvalue weighted by atomic mass is 127. The van der Waals surface area contributed by atoms with Crippen LogP contribution in [0.4, 0.5) is 0 Å². The largest absolute Gasteiger partial charge is 0.461 e. The molecule has 4 nitrogen and oxygen atoms in total. The lowest BCUT2D eigenvalue weighted by atomic mass is 10.1. The molecule has 0 amide bonds. The Balaban J connectivity index is 2.32. The molecule has 0 saturated carbocycles. The van der Waals surface area contributed by atoms with E-state index in [2.05, 4.69) is 33.6 Å². The predicted molar refractivity (Wildman–Crippen MR) is 81.2 cm³/mol. The molecule has 0 N–H and O–H groups in total. The second-order valence-corrected chi connectivity index (χ2v) is 5.38. The van der Waals surface area contributed by atoms with Crippen molar-refractivity contribution in [2.75, 3.05) is 6.61 Å². The fourth-order valence-electron chi connectivity index (χ4n) is 1.90. The maximum absolute atomic E-state index is 11.8. The van der Waals surface area contributed by atoms with Crippen LogP contribution in [0.15, 0.2) is 36.8 Å². The number of imidazole rings is 1. The maximum atomic E-state index is 11.8. The van der Waals surface area contributed by atoms with Gasteiger partial charge in [-0.15, -0.1) is 0 Å². The summed E-state index contributed by atoms with van der Waals surface area (Å²) in [6, 6.07) is 8.23. The summed E-state index contributed by atoms with van der Waals surface area (Å²) in [6.45, 7) is 4.19. The number of ether oxygens (including phenoxy) is 1. The number of hydrogen-bond donors (Lipinski definition) is 0. The molecule has 1 aromatic heterocycles. The second kappa shape index (κ2) is 6.18. The molecule has 5 heteroatoms. The first-order valence-corrected chi connectivity index (χ1v) is 7.15. The zero-order chi connectivity index (χ0) is 13.8. The van der Waals surface area contributed by atoms with Crippen LogP contribution in [0.3, 0.4) is 0 Å². The van der Waals surface area contributed by atoms with E-state index in [1.54, 1.807) is 19.4 Å². The topological polar surface area (TPSA) is 44.1 Å². The summed E-state index contributed by atoms with van der Waals surface area (Å²) in [4.78, 5) is 15.9. The van der Waals surface area contributed by atoms with Gasteiger partial charge in [-0.25, -0.2) is 9.78 Å². The second-order valence-electron chi connectivity index (χ2n) is 4.14. The van der Waals surface area contributed by atoms with Crippen LogP contribution in [0.1, 0.15) is 35.9 Å². The Morgan fingerprint density at radius 3 is 3.00 bits per heavy atom. The van der Waals surface area contributed by atoms with Crippen LogP contribution in [0.25, 0.3) is 0 Å². The number of benzene rings is 1. The van der Waals surface area contributed by atoms with E-state index in [1.807, 2.05) is 29.7 Å². The van der Waals surface area contributed by atoms with Crippen molar-refractivity contribution in [3.8, 4) is 0 Å². The number of hydrogen-bond acceptors (Lipinski definition) is 3. The van der Waals surface area contributed by atoms with Gasteiger partial charge in [-0.3, -0.25) is 0 Å². The lowest BCUT2D eigenvalue weighted by Gasteiger charge is -2.16. The van der Waals surface area contributed by atoms with Crippen LogP contribution < -0.4 is 0 Å². The molecule has 0 spiro atoms. The smallest absolute Gasteiger partial charge is 0.356 e. The molecule has 100 valence electrons. The molecule has 0 aliphatic rings. The molecule has 0 saturated heterocycles. The number of esters is 1. The minimum absolute atomic E-state index is 0.0385. The number of carbonyl (C=O) groups excluding carboxylic acids is 1. The summed E-state index contributed by atoms with van der Waals surface area (Å²) in [7, 11) is 0. The molecule has 0 radical (unpaired) electrons. The van der Waals surface area contributed by atoms with Crippen LogP contribution >= 0.6 is 22.6 Å². The van der Waals surface area contributed by atoms with Crippen LogP contribution in [0, 0.1) is 3.57 Å². The fourth-order valence-corrected chi connectivity index (χ4v) is 2.47. The van der Waals surface area contributed by atoms with Gasteiger partial charge in [-0.05, 0) is 54.1 Å². The van der Waals surface area contributed by atoms with Crippen molar-refractivity contribution in [2.45, 2.75) is 19.9 Å². The van der Waals surface area contributed by atoms with Gasteiger partial charge in [0, 0.05) is 3.57 Å². The third kappa shape index (κ3) is 3.15. The minimum Gasteiger partial charge on any atom is -0.461 e. The molecule has 1 unspecified atom stereocenters. The lowest BCUT2D eigenvalue weighted by Crippen LogP contribution is -2.15. The molecule has 0 aliphatic carbocycles. The average Bonchev–Trinajstić information content (AvgIpc) is 2.87. The van der Waals surface area contributed by atoms with E-state index in [4.69, 9.17) is 4.74 Å². The van der Waals surface area contributed by atoms with Crippen molar-refractivity contribution in [2.24, 2.45) is 0 Å². The van der Waals surface area contributed by atoms with E-state index in [9.17, 15) is 4.79 Å². The molecule has 0 fully saturated rings. The Bertz CT molecular complexity index is 580. The monoisotopic (exact) mass is 370 g/mol. The number of halogens is 1. The fraction of sp³-hybridized carbons (Fsp3) is 0.286. The third-order valence-corrected chi connectivity index (χ3v) is 3.57. The molecule has 2 aromatic rings. The maximum Gasteiger partial charge on any atom is 0.356 e. The average molecular weight is 370 g/mol. The van der Waals surface area contributed by atoms with Gasteiger partial charge in [0.15, 0.2) is 0 Å². The molecule has 1 aromatic carbocycles. The predicted octanol–water partition coefficient (Wildman–Crippen LogP) is 3.27. The van der Waals surface area contributed by atoms with Crippen molar-refractivity contribution < 1.29 is 9.53 Å². The van der Waals surface area contributed by atoms with E-state index in [1.165, 1.54) is 3.57 Å². The normalized spacial score (nSPS) is 12.2. The summed E-state index contributed by atoms with van der Waals surface area (Å²) < 4.78 is 8.04. The number of nitrogens with zero attached hydrogens (tertiary/aromatic N) is 2. The molecular formula is C14H15IN2O2. The SMILES string of the molecule is CCOC(=O)c1cncn1C(C)c1cccc(I)c1. The summed E-state index contributed by atoms with van der Waals surface area (Å²) in [5, 5.41) is 0. The van der Waals surface area contributed by atoms with E-state index < -0.39 is 0 Å². The Hall–Kier alpha value is -1.37. The highest BCUT2D eigenvalue weighted by molar-refractivity contribution is 14.1. The van der Waals surface area contributed by atoms with Gasteiger partial charge in [0.2, 0.25) is 0 Å². The van der Waals surface area contributed by atoms with Crippen LogP contribution in [-0.4, -0.2) is 22.1 Å². The highest BCUT2D eigenvalue weighted by Crippen LogP contribution is 2.21. The zero-order valence-electron chi connectivity index (χ0n) is 10.8. The van der Waals surface area contributed by atoms with Crippen molar-refractivity contribution in [3.63, 3.8) is 0 Å². The Morgan fingerprint density at radius 1 is 1.53 bits per heavy atom. The number of aromatic nitrogens is 2. The minimum atomic E-state index is -0.336. The van der Waals surface area contributed by atoms with Crippen LogP contribution in [0.2, 0.25) is 0 Å². The molecule has 0 bridgehead atoms. The van der Waals surface area contributed by atoms with Crippen molar-refractivity contribution >= 4 is 28.6 Å². The van der Waals surface area contributed by atoms with E-state index in [0.717, 1.165) is 5.56 Å². The Kier molecular flexibility index (Phi) is 4.57. The van der Waals surface area contributed by atoms with Gasteiger partial charge in [0.1, 0.15) is 5.69 Å². The standard InChI is InChI=1S/C14H15IN2O2/c1-3-19-14(18)13-8-16-9-17(13)10(2)11-5-4-6-12(15)7-11/h4-10H,3H2,1-2H3. The summed E-state index contributed by atoms with van der Waals surface area (Å²) in [5.74, 6) is -0.336. The van der Waals surface area contributed by atoms with Gasteiger partial charge in [0.25, 0.3) is 0 Å². The number of rotatable bonds is 4. The highest BCUT2D eigenvalue weighted by Gasteiger charge is 2.17. The quantitative estimate of drug-likeness (QED) is 0.613. The molecular weight excluding hydrogens is 355 g/mol. The van der Waals surface area contributed by atoms with Crippen LogP contribution in [0.5, 0.6) is 0 Å². The molecule has 19 heavy (non-hydrogen) atoms. The molecule has 1 heterocycles. The van der Waals surface area contributed by atoms with E-state index in [0.29, 0.717) is 12.3 Å². The first-order valence-electron chi connectivity index (χ1n) is 6.08. The van der Waals surface area contributed by atoms with Gasteiger partial charge < -0.3 is 9.30 Å². The van der Waals surface area contributed by atoms with E-state index >= 15 is 0 Å². The first-order chi connectivity index (χ1) is 9.13. The lowest BCUT2D eigenvalue weighted by molar-refractivity contribution is 0.0512. The summed E-state index contributed by atoms with van der Waals surface area (Å²) in [6.07, 6.45) is 3.21. The zero-order valence-corrected chi connectivity index (χ0v) is 13.0. The third-order valence-electron chi connectivity index (χ3n) is 2.90. The van der Waals surface area contributed by atoms with Crippen LogP contribution in [-0.2, 0) is 4.74 Å². The van der Waals surface area contributed by atoms with Gasteiger partial charge in [-0.1, -0.05) is 12.1 Å². The van der Waals surface area contributed by atoms with Gasteiger partial charge in [0.05, 0.1) is 25.2 Å².